The molecule has 0 aliphatic carbocycles. The molecule has 0 aromatic heterocycles. The number of fused-ring (bicyclic) bond motifs is 1. The molecule has 1 spiro atoms. The molecule has 3 aromatic rings. The normalized spacial score (nSPS) is 26.6. The van der Waals surface area contributed by atoms with Crippen molar-refractivity contribution in [3.63, 3.8) is 0 Å². The minimum absolute atomic E-state index is 0.0441. The van der Waals surface area contributed by atoms with Crippen molar-refractivity contribution in [3.8, 4) is 0 Å². The van der Waals surface area contributed by atoms with Gasteiger partial charge in [-0.1, -0.05) is 78.4 Å². The number of aryl methyl sites for hydroxylation is 1. The molecule has 1 fully saturated rings. The van der Waals surface area contributed by atoms with Crippen LogP contribution in [0, 0.1) is 6.92 Å². The van der Waals surface area contributed by atoms with Gasteiger partial charge in [-0.05, 0) is 24.1 Å². The van der Waals surface area contributed by atoms with Crippen molar-refractivity contribution in [3.05, 3.63) is 101 Å². The summed E-state index contributed by atoms with van der Waals surface area (Å²) in [6, 6.07) is 26.4. The van der Waals surface area contributed by atoms with E-state index in [1.165, 1.54) is 5.56 Å². The van der Waals surface area contributed by atoms with E-state index in [4.69, 9.17) is 4.74 Å². The first-order valence-electron chi connectivity index (χ1n) is 8.80. The third-order valence-electron chi connectivity index (χ3n) is 5.25. The number of carbonyl (C=O) groups is 1. The molecular weight excluding hydrogens is 340 g/mol. The van der Waals surface area contributed by atoms with E-state index in [-0.39, 0.29) is 17.1 Å². The second kappa shape index (κ2) is 5.83. The number of benzene rings is 3. The van der Waals surface area contributed by atoms with Gasteiger partial charge in [0.05, 0.1) is 5.25 Å². The van der Waals surface area contributed by atoms with Crippen molar-refractivity contribution in [1.29, 1.82) is 0 Å². The first-order chi connectivity index (χ1) is 12.7. The Morgan fingerprint density at radius 2 is 1.54 bits per heavy atom. The van der Waals surface area contributed by atoms with Crippen LogP contribution in [0.1, 0.15) is 38.4 Å². The fourth-order valence-electron chi connectivity index (χ4n) is 3.83. The summed E-state index contributed by atoms with van der Waals surface area (Å²) in [6.07, 6.45) is -0.193. The molecule has 0 radical (unpaired) electrons. The summed E-state index contributed by atoms with van der Waals surface area (Å²) in [4.78, 5) is 14.5. The van der Waals surface area contributed by atoms with Gasteiger partial charge in [0.15, 0.2) is 11.4 Å². The largest absolute Gasteiger partial charge is 0.351 e. The Bertz CT molecular complexity index is 981. The molecule has 3 atom stereocenters. The number of epoxide rings is 1. The zero-order chi connectivity index (χ0) is 17.7. The zero-order valence-corrected chi connectivity index (χ0v) is 15.2. The maximum absolute atomic E-state index is 13.5. The first kappa shape index (κ1) is 15.9. The lowest BCUT2D eigenvalue weighted by atomic mass is 9.84. The van der Waals surface area contributed by atoms with Gasteiger partial charge in [-0.2, -0.15) is 0 Å². The second-order valence-electron chi connectivity index (χ2n) is 6.94. The molecule has 2 heterocycles. The number of hydrogen-bond donors (Lipinski definition) is 0. The molecule has 3 heteroatoms. The van der Waals surface area contributed by atoms with Crippen LogP contribution < -0.4 is 0 Å². The predicted octanol–water partition coefficient (Wildman–Crippen LogP) is 5.54. The fraction of sp³-hybridized carbons (Fsp3) is 0.174. The van der Waals surface area contributed by atoms with Gasteiger partial charge in [0.25, 0.3) is 0 Å². The Labute approximate surface area is 157 Å². The van der Waals surface area contributed by atoms with Gasteiger partial charge in [0.2, 0.25) is 0 Å². The van der Waals surface area contributed by atoms with Gasteiger partial charge in [0.1, 0.15) is 6.10 Å². The SMILES string of the molecule is Cc1ccc([C@H]2O[C@]23C(=O)c2ccccc2S[C@H]3c2ccccc2)cc1. The molecule has 3 aromatic carbocycles. The van der Waals surface area contributed by atoms with E-state index in [2.05, 4.69) is 43.3 Å². The van der Waals surface area contributed by atoms with E-state index in [0.29, 0.717) is 0 Å². The summed E-state index contributed by atoms with van der Waals surface area (Å²) in [5.74, 6) is 0.103. The average molecular weight is 358 g/mol. The van der Waals surface area contributed by atoms with Crippen molar-refractivity contribution >= 4 is 17.5 Å². The number of hydrogen-bond acceptors (Lipinski definition) is 3. The van der Waals surface area contributed by atoms with Crippen LogP contribution in [0.15, 0.2) is 83.8 Å². The van der Waals surface area contributed by atoms with Crippen LogP contribution in [0.25, 0.3) is 0 Å². The van der Waals surface area contributed by atoms with Crippen LogP contribution in [-0.2, 0) is 4.74 Å². The standard InChI is InChI=1S/C23H18O2S/c1-15-11-13-16(14-12-15)21-23(25-21)20(24)18-9-5-6-10-19(18)26-22(23)17-7-3-2-4-8-17/h2-14,21-22H,1H3/t21-,22+,23-/m1/s1. The van der Waals surface area contributed by atoms with Gasteiger partial charge in [0, 0.05) is 10.5 Å². The molecule has 0 bridgehead atoms. The third kappa shape index (κ3) is 2.28. The predicted molar refractivity (Wildman–Crippen MR) is 104 cm³/mol. The first-order valence-corrected chi connectivity index (χ1v) is 9.68. The van der Waals surface area contributed by atoms with Gasteiger partial charge >= 0.3 is 0 Å². The van der Waals surface area contributed by atoms with Crippen molar-refractivity contribution in [1.82, 2.24) is 0 Å². The molecule has 0 N–H and O–H groups in total. The maximum Gasteiger partial charge on any atom is 0.200 e. The lowest BCUT2D eigenvalue weighted by molar-refractivity contribution is 0.0861. The number of thioether (sulfide) groups is 1. The highest BCUT2D eigenvalue weighted by Crippen LogP contribution is 2.66. The van der Waals surface area contributed by atoms with E-state index in [0.717, 1.165) is 21.6 Å². The van der Waals surface area contributed by atoms with Gasteiger partial charge in [-0.25, -0.2) is 0 Å². The second-order valence-corrected chi connectivity index (χ2v) is 8.08. The van der Waals surface area contributed by atoms with Crippen molar-refractivity contribution in [2.75, 3.05) is 0 Å². The van der Waals surface area contributed by atoms with Crippen LogP contribution in [-0.4, -0.2) is 11.4 Å². The molecular formula is C23H18O2S. The monoisotopic (exact) mass is 358 g/mol. The number of ether oxygens (including phenoxy) is 1. The number of Topliss-reactive ketones (excluding diaryl/α,β-unsaturated/α-hetero) is 1. The number of carbonyl (C=O) groups excluding carboxylic acids is 1. The van der Waals surface area contributed by atoms with Gasteiger partial charge in [-0.15, -0.1) is 11.8 Å². The number of ketones is 1. The topological polar surface area (TPSA) is 29.6 Å². The molecule has 26 heavy (non-hydrogen) atoms. The van der Waals surface area contributed by atoms with E-state index in [1.807, 2.05) is 42.5 Å². The molecule has 0 unspecified atom stereocenters. The smallest absolute Gasteiger partial charge is 0.200 e. The maximum atomic E-state index is 13.5. The quantitative estimate of drug-likeness (QED) is 0.564. The minimum Gasteiger partial charge on any atom is -0.351 e. The summed E-state index contributed by atoms with van der Waals surface area (Å²) < 4.78 is 6.24. The van der Waals surface area contributed by atoms with E-state index in [9.17, 15) is 4.79 Å². The number of rotatable bonds is 2. The van der Waals surface area contributed by atoms with Crippen LogP contribution in [0.4, 0.5) is 0 Å². The third-order valence-corrected chi connectivity index (χ3v) is 6.72. The molecule has 2 nitrogen and oxygen atoms in total. The molecule has 5 rings (SSSR count). The molecule has 0 amide bonds. The fourth-order valence-corrected chi connectivity index (χ4v) is 5.29. The lowest BCUT2D eigenvalue weighted by Gasteiger charge is -2.30. The van der Waals surface area contributed by atoms with Gasteiger partial charge in [-0.3, -0.25) is 4.79 Å². The zero-order valence-electron chi connectivity index (χ0n) is 14.4. The summed E-state index contributed by atoms with van der Waals surface area (Å²) in [6.45, 7) is 2.07. The molecule has 2 aliphatic rings. The van der Waals surface area contributed by atoms with Crippen molar-refractivity contribution in [2.24, 2.45) is 0 Å². The van der Waals surface area contributed by atoms with Crippen LogP contribution >= 0.6 is 11.8 Å². The van der Waals surface area contributed by atoms with E-state index >= 15 is 0 Å². The molecule has 2 aliphatic heterocycles. The summed E-state index contributed by atoms with van der Waals surface area (Å²) in [7, 11) is 0. The Kier molecular flexibility index (Phi) is 3.56. The lowest BCUT2D eigenvalue weighted by Crippen LogP contribution is -2.35. The Morgan fingerprint density at radius 1 is 0.846 bits per heavy atom. The Balaban J connectivity index is 1.64. The minimum atomic E-state index is -0.810. The van der Waals surface area contributed by atoms with Crippen LogP contribution in [0.3, 0.4) is 0 Å². The van der Waals surface area contributed by atoms with Crippen LogP contribution in [0.5, 0.6) is 0 Å². The summed E-state index contributed by atoms with van der Waals surface area (Å²) in [5, 5.41) is -0.0441. The summed E-state index contributed by atoms with van der Waals surface area (Å²) >= 11 is 1.74. The highest BCUT2D eigenvalue weighted by molar-refractivity contribution is 7.99. The van der Waals surface area contributed by atoms with Crippen LogP contribution in [0.2, 0.25) is 0 Å². The van der Waals surface area contributed by atoms with Crippen molar-refractivity contribution < 1.29 is 9.53 Å². The van der Waals surface area contributed by atoms with Crippen molar-refractivity contribution in [2.45, 2.75) is 28.8 Å². The van der Waals surface area contributed by atoms with Gasteiger partial charge < -0.3 is 4.74 Å². The average Bonchev–Trinajstić information content (AvgIpc) is 3.42. The molecule has 0 saturated carbocycles. The Hall–Kier alpha value is -2.36. The highest BCUT2D eigenvalue weighted by atomic mass is 32.2. The summed E-state index contributed by atoms with van der Waals surface area (Å²) in [5.41, 5.74) is 3.38. The Morgan fingerprint density at radius 3 is 2.31 bits per heavy atom. The van der Waals surface area contributed by atoms with E-state index < -0.39 is 5.60 Å². The molecule has 128 valence electrons. The van der Waals surface area contributed by atoms with E-state index in [1.54, 1.807) is 11.8 Å². The highest BCUT2D eigenvalue weighted by Gasteiger charge is 2.69. The molecule has 1 saturated heterocycles.